The molecule has 3 aromatic carbocycles. The highest BCUT2D eigenvalue weighted by atomic mass is 16.7. The van der Waals surface area contributed by atoms with Gasteiger partial charge in [0, 0.05) is 5.56 Å². The van der Waals surface area contributed by atoms with Crippen molar-refractivity contribution in [2.75, 3.05) is 20.5 Å². The van der Waals surface area contributed by atoms with Crippen LogP contribution in [0.5, 0.6) is 23.0 Å². The number of nitrogens with one attached hydrogen (secondary N) is 2. The van der Waals surface area contributed by atoms with Crippen molar-refractivity contribution in [3.63, 3.8) is 0 Å². The lowest BCUT2D eigenvalue weighted by atomic mass is 10.1. The number of amides is 2. The third kappa shape index (κ3) is 6.01. The minimum absolute atomic E-state index is 0.00426. The molecule has 0 atom stereocenters. The molecule has 36 heavy (non-hydrogen) atoms. The van der Waals surface area contributed by atoms with Crippen LogP contribution < -0.4 is 29.7 Å². The zero-order valence-electron chi connectivity index (χ0n) is 19.8. The number of carbonyl (C=O) groups excluding carboxylic acids is 2. The number of nitrogens with zero attached hydrogens (tertiary/aromatic N) is 1. The van der Waals surface area contributed by atoms with E-state index in [1.54, 1.807) is 73.8 Å². The molecule has 0 radical (unpaired) electrons. The molecule has 9 nitrogen and oxygen atoms in total. The van der Waals surface area contributed by atoms with Crippen LogP contribution in [0.2, 0.25) is 0 Å². The third-order valence-corrected chi connectivity index (χ3v) is 5.10. The molecule has 2 N–H and O–H groups in total. The highest BCUT2D eigenvalue weighted by Gasteiger charge is 2.17. The first-order valence-corrected chi connectivity index (χ1v) is 11.2. The molecule has 4 rings (SSSR count). The Labute approximate surface area is 208 Å². The molecule has 0 aliphatic carbocycles. The van der Waals surface area contributed by atoms with Crippen LogP contribution in [-0.2, 0) is 4.79 Å². The molecule has 0 bridgehead atoms. The molecule has 0 spiro atoms. The Hall–Kier alpha value is -4.79. The topological polar surface area (TPSA) is 107 Å². The summed E-state index contributed by atoms with van der Waals surface area (Å²) in [5.41, 5.74) is 4.20. The van der Waals surface area contributed by atoms with Gasteiger partial charge in [0.25, 0.3) is 11.8 Å². The molecule has 0 aromatic heterocycles. The third-order valence-electron chi connectivity index (χ3n) is 5.10. The second-order valence-electron chi connectivity index (χ2n) is 7.53. The van der Waals surface area contributed by atoms with E-state index in [1.807, 2.05) is 6.92 Å². The Bertz CT molecular complexity index is 1300. The first kappa shape index (κ1) is 24.3. The number of ether oxygens (including phenoxy) is 4. The highest BCUT2D eigenvalue weighted by Crippen LogP contribution is 2.33. The van der Waals surface area contributed by atoms with Gasteiger partial charge in [-0.25, -0.2) is 5.43 Å². The molecule has 9 heteroatoms. The van der Waals surface area contributed by atoms with Crippen molar-refractivity contribution in [3.05, 3.63) is 89.1 Å². The maximum absolute atomic E-state index is 13.0. The Morgan fingerprint density at radius 2 is 1.75 bits per heavy atom. The van der Waals surface area contributed by atoms with Crippen LogP contribution in [0.25, 0.3) is 6.08 Å². The summed E-state index contributed by atoms with van der Waals surface area (Å²) >= 11 is 0. The van der Waals surface area contributed by atoms with Crippen molar-refractivity contribution in [2.45, 2.75) is 6.92 Å². The predicted octanol–water partition coefficient (Wildman–Crippen LogP) is 3.74. The first-order chi connectivity index (χ1) is 17.6. The number of methoxy groups -OCH3 is 1. The Morgan fingerprint density at radius 3 is 2.53 bits per heavy atom. The van der Waals surface area contributed by atoms with Crippen LogP contribution in [0.4, 0.5) is 0 Å². The second kappa shape index (κ2) is 11.6. The number of benzene rings is 3. The quantitative estimate of drug-likeness (QED) is 0.271. The fourth-order valence-electron chi connectivity index (χ4n) is 3.38. The lowest BCUT2D eigenvalue weighted by Gasteiger charge is -2.10. The molecule has 3 aromatic rings. The molecule has 0 unspecified atom stereocenters. The van der Waals surface area contributed by atoms with Gasteiger partial charge in [-0.15, -0.1) is 0 Å². The summed E-state index contributed by atoms with van der Waals surface area (Å²) < 4.78 is 21.6. The summed E-state index contributed by atoms with van der Waals surface area (Å²) in [6, 6.07) is 19.1. The minimum atomic E-state index is -0.605. The van der Waals surface area contributed by atoms with E-state index in [9.17, 15) is 9.59 Å². The van der Waals surface area contributed by atoms with E-state index < -0.39 is 11.8 Å². The van der Waals surface area contributed by atoms with Gasteiger partial charge in [0.05, 0.1) is 19.9 Å². The zero-order chi connectivity index (χ0) is 25.3. The van der Waals surface area contributed by atoms with Gasteiger partial charge in [0.15, 0.2) is 23.0 Å². The van der Waals surface area contributed by atoms with E-state index in [2.05, 4.69) is 15.8 Å². The van der Waals surface area contributed by atoms with Gasteiger partial charge >= 0.3 is 0 Å². The van der Waals surface area contributed by atoms with Crippen molar-refractivity contribution >= 4 is 24.1 Å². The summed E-state index contributed by atoms with van der Waals surface area (Å²) in [6.45, 7) is 2.48. The lowest BCUT2D eigenvalue weighted by Crippen LogP contribution is -2.32. The fourth-order valence-corrected chi connectivity index (χ4v) is 3.38. The van der Waals surface area contributed by atoms with Crippen LogP contribution in [0.1, 0.15) is 28.4 Å². The standard InChI is InChI=1S/C27H25N3O6/c1-3-34-24-15-19(10-11-22(24)33-2)16-28-30-27(32)21(29-26(31)20-7-5-4-6-8-20)13-18-9-12-23-25(14-18)36-17-35-23/h4-16H,3,17H2,1-2H3,(H,29,31)(H,30,32)/b21-13+,28-16+. The van der Waals surface area contributed by atoms with Gasteiger partial charge in [-0.3, -0.25) is 9.59 Å². The number of rotatable bonds is 9. The molecule has 1 heterocycles. The summed E-state index contributed by atoms with van der Waals surface area (Å²) in [4.78, 5) is 25.8. The van der Waals surface area contributed by atoms with Gasteiger partial charge in [0.2, 0.25) is 6.79 Å². The smallest absolute Gasteiger partial charge is 0.287 e. The van der Waals surface area contributed by atoms with Crippen molar-refractivity contribution in [2.24, 2.45) is 5.10 Å². The zero-order valence-corrected chi connectivity index (χ0v) is 19.8. The van der Waals surface area contributed by atoms with Gasteiger partial charge < -0.3 is 24.3 Å². The summed E-state index contributed by atoms with van der Waals surface area (Å²) in [6.07, 6.45) is 3.01. The van der Waals surface area contributed by atoms with Crippen LogP contribution in [-0.4, -0.2) is 38.5 Å². The van der Waals surface area contributed by atoms with E-state index in [4.69, 9.17) is 18.9 Å². The SMILES string of the molecule is CCOc1cc(/C=N/NC(=O)/C(=C\c2ccc3c(c2)OCO3)NC(=O)c2ccccc2)ccc1OC. The highest BCUT2D eigenvalue weighted by molar-refractivity contribution is 6.05. The average molecular weight is 488 g/mol. The van der Waals surface area contributed by atoms with Crippen LogP contribution in [0.15, 0.2) is 77.5 Å². The van der Waals surface area contributed by atoms with Crippen LogP contribution in [0, 0.1) is 0 Å². The van der Waals surface area contributed by atoms with Crippen molar-refractivity contribution in [3.8, 4) is 23.0 Å². The van der Waals surface area contributed by atoms with Gasteiger partial charge in [-0.1, -0.05) is 24.3 Å². The van der Waals surface area contributed by atoms with E-state index in [1.165, 1.54) is 12.3 Å². The summed E-state index contributed by atoms with van der Waals surface area (Å²) in [5.74, 6) is 1.29. The van der Waals surface area contributed by atoms with E-state index in [0.29, 0.717) is 46.3 Å². The second-order valence-corrected chi connectivity index (χ2v) is 7.53. The molecule has 0 saturated carbocycles. The Kier molecular flexibility index (Phi) is 7.82. The molecule has 2 amide bonds. The maximum Gasteiger partial charge on any atom is 0.287 e. The molecular weight excluding hydrogens is 462 g/mol. The normalized spacial score (nSPS) is 12.3. The number of carbonyl (C=O) groups is 2. The predicted molar refractivity (Wildman–Crippen MR) is 134 cm³/mol. The largest absolute Gasteiger partial charge is 0.493 e. The van der Waals surface area contributed by atoms with Crippen molar-refractivity contribution in [1.29, 1.82) is 0 Å². The molecule has 184 valence electrons. The number of hydrogen-bond acceptors (Lipinski definition) is 7. The van der Waals surface area contributed by atoms with Gasteiger partial charge in [-0.05, 0) is 66.6 Å². The number of hydrazone groups is 1. The number of hydrogen-bond donors (Lipinski definition) is 2. The molecule has 1 aliphatic rings. The first-order valence-electron chi connectivity index (χ1n) is 11.2. The molecular formula is C27H25N3O6. The maximum atomic E-state index is 13.0. The Morgan fingerprint density at radius 1 is 0.972 bits per heavy atom. The molecule has 0 fully saturated rings. The minimum Gasteiger partial charge on any atom is -0.493 e. The van der Waals surface area contributed by atoms with Crippen LogP contribution >= 0.6 is 0 Å². The lowest BCUT2D eigenvalue weighted by molar-refractivity contribution is -0.117. The summed E-state index contributed by atoms with van der Waals surface area (Å²) in [5, 5.41) is 6.71. The van der Waals surface area contributed by atoms with Crippen molar-refractivity contribution in [1.82, 2.24) is 10.7 Å². The molecule has 1 aliphatic heterocycles. The van der Waals surface area contributed by atoms with E-state index in [0.717, 1.165) is 0 Å². The Balaban J connectivity index is 1.54. The van der Waals surface area contributed by atoms with Crippen molar-refractivity contribution < 1.29 is 28.5 Å². The number of fused-ring (bicyclic) bond motifs is 1. The van der Waals surface area contributed by atoms with E-state index in [-0.39, 0.29) is 12.5 Å². The van der Waals surface area contributed by atoms with Gasteiger partial charge in [0.1, 0.15) is 5.70 Å². The average Bonchev–Trinajstić information content (AvgIpc) is 3.37. The fraction of sp³-hybridized carbons (Fsp3) is 0.148. The summed E-state index contributed by atoms with van der Waals surface area (Å²) in [7, 11) is 1.56. The monoisotopic (exact) mass is 487 g/mol. The molecule has 0 saturated heterocycles. The van der Waals surface area contributed by atoms with E-state index >= 15 is 0 Å². The van der Waals surface area contributed by atoms with Gasteiger partial charge in [-0.2, -0.15) is 5.10 Å². The van der Waals surface area contributed by atoms with Crippen LogP contribution in [0.3, 0.4) is 0 Å².